The zero-order valence-corrected chi connectivity index (χ0v) is 9.81. The molecule has 1 N–H and O–H groups in total. The topological polar surface area (TPSA) is 25.0 Å². The minimum absolute atomic E-state index is 0.654. The van der Waals surface area contributed by atoms with Crippen molar-refractivity contribution in [3.8, 4) is 0 Å². The molecule has 0 unspecified atom stereocenters. The van der Waals surface area contributed by atoms with Gasteiger partial charge in [-0.15, -0.1) is 0 Å². The number of aryl methyl sites for hydroxylation is 1. The van der Waals surface area contributed by atoms with Gasteiger partial charge in [0.2, 0.25) is 0 Å². The number of ether oxygens (including phenoxy) is 1. The smallest absolute Gasteiger partial charge is 0.0719 e. The van der Waals surface area contributed by atoms with Crippen LogP contribution in [0, 0.1) is 6.92 Å². The van der Waals surface area contributed by atoms with Crippen molar-refractivity contribution >= 4 is 26.8 Å². The molecule has 0 radical (unpaired) electrons. The van der Waals surface area contributed by atoms with Gasteiger partial charge in [0, 0.05) is 22.7 Å². The molecule has 1 heterocycles. The molecule has 0 aliphatic heterocycles. The molecule has 1 aromatic heterocycles. The fourth-order valence-corrected chi connectivity index (χ4v) is 2.10. The third kappa shape index (κ3) is 1.57. The Kier molecular flexibility index (Phi) is 2.61. The van der Waals surface area contributed by atoms with E-state index in [0.717, 1.165) is 9.99 Å². The van der Waals surface area contributed by atoms with E-state index in [9.17, 15) is 0 Å². The summed E-state index contributed by atoms with van der Waals surface area (Å²) in [5.41, 5.74) is 3.54. The van der Waals surface area contributed by atoms with Crippen molar-refractivity contribution in [1.29, 1.82) is 0 Å². The number of aromatic nitrogens is 1. The fraction of sp³-hybridized carbons (Fsp3) is 0.273. The van der Waals surface area contributed by atoms with Crippen LogP contribution in [0.2, 0.25) is 0 Å². The Morgan fingerprint density at radius 3 is 2.93 bits per heavy atom. The maximum Gasteiger partial charge on any atom is 0.0719 e. The molecule has 0 aliphatic rings. The second kappa shape index (κ2) is 3.75. The molecule has 1 aromatic carbocycles. The number of H-pyrrole nitrogens is 1. The van der Waals surface area contributed by atoms with E-state index in [4.69, 9.17) is 4.74 Å². The summed E-state index contributed by atoms with van der Waals surface area (Å²) < 4.78 is 6.25. The lowest BCUT2D eigenvalue weighted by molar-refractivity contribution is 0.186. The van der Waals surface area contributed by atoms with Gasteiger partial charge in [-0.1, -0.05) is 6.07 Å². The predicted molar refractivity (Wildman–Crippen MR) is 61.4 cm³/mol. The van der Waals surface area contributed by atoms with E-state index in [1.54, 1.807) is 7.11 Å². The van der Waals surface area contributed by atoms with Gasteiger partial charge in [-0.2, -0.15) is 0 Å². The molecule has 2 aromatic rings. The number of methoxy groups -OCH3 is 1. The summed E-state index contributed by atoms with van der Waals surface area (Å²) in [6, 6.07) is 6.28. The third-order valence-electron chi connectivity index (χ3n) is 2.27. The second-order valence-electron chi connectivity index (χ2n) is 3.38. The van der Waals surface area contributed by atoms with Crippen molar-refractivity contribution in [2.45, 2.75) is 13.5 Å². The minimum Gasteiger partial charge on any atom is -0.380 e. The molecule has 74 valence electrons. The second-order valence-corrected chi connectivity index (χ2v) is 4.23. The Labute approximate surface area is 91.4 Å². The molecule has 0 fully saturated rings. The number of fused-ring (bicyclic) bond motifs is 1. The van der Waals surface area contributed by atoms with Crippen LogP contribution < -0.4 is 0 Å². The van der Waals surface area contributed by atoms with Gasteiger partial charge in [-0.25, -0.2) is 0 Å². The normalized spacial score (nSPS) is 11.1. The zero-order valence-electron chi connectivity index (χ0n) is 8.23. The molecule has 2 rings (SSSR count). The van der Waals surface area contributed by atoms with Gasteiger partial charge in [0.25, 0.3) is 0 Å². The van der Waals surface area contributed by atoms with Gasteiger partial charge in [0.1, 0.15) is 0 Å². The highest BCUT2D eigenvalue weighted by molar-refractivity contribution is 9.10. The van der Waals surface area contributed by atoms with E-state index in [1.165, 1.54) is 16.6 Å². The summed E-state index contributed by atoms with van der Waals surface area (Å²) in [6.45, 7) is 2.71. The summed E-state index contributed by atoms with van der Waals surface area (Å²) in [5, 5.41) is 1.23. The maximum absolute atomic E-state index is 5.16. The van der Waals surface area contributed by atoms with Crippen LogP contribution in [0.5, 0.6) is 0 Å². The lowest BCUT2D eigenvalue weighted by Crippen LogP contribution is -1.88. The number of aromatic amines is 1. The van der Waals surface area contributed by atoms with Gasteiger partial charge in [-0.05, 0) is 40.5 Å². The molecular formula is C11H12BrNO. The Bertz CT molecular complexity index is 462. The van der Waals surface area contributed by atoms with Crippen molar-refractivity contribution < 1.29 is 4.74 Å². The first kappa shape index (κ1) is 9.74. The van der Waals surface area contributed by atoms with Crippen LogP contribution in [0.3, 0.4) is 0 Å². The first-order valence-electron chi connectivity index (χ1n) is 4.48. The third-order valence-corrected chi connectivity index (χ3v) is 2.93. The van der Waals surface area contributed by atoms with E-state index in [0.29, 0.717) is 6.61 Å². The Morgan fingerprint density at radius 1 is 1.43 bits per heavy atom. The van der Waals surface area contributed by atoms with Crippen molar-refractivity contribution in [2.24, 2.45) is 0 Å². The van der Waals surface area contributed by atoms with Crippen LogP contribution in [0.15, 0.2) is 22.7 Å². The molecule has 0 amide bonds. The Hall–Kier alpha value is -0.800. The first-order valence-corrected chi connectivity index (χ1v) is 5.27. The summed E-state index contributed by atoms with van der Waals surface area (Å²) >= 11 is 3.52. The number of halogens is 1. The van der Waals surface area contributed by atoms with E-state index >= 15 is 0 Å². The highest BCUT2D eigenvalue weighted by atomic mass is 79.9. The van der Waals surface area contributed by atoms with Crippen LogP contribution in [-0.2, 0) is 11.3 Å². The largest absolute Gasteiger partial charge is 0.380 e. The SMILES string of the molecule is COCc1ccc(Br)c2[nH]c(C)cc12. The summed E-state index contributed by atoms with van der Waals surface area (Å²) in [4.78, 5) is 3.32. The highest BCUT2D eigenvalue weighted by Gasteiger charge is 2.06. The number of nitrogens with one attached hydrogen (secondary N) is 1. The van der Waals surface area contributed by atoms with E-state index in [2.05, 4.69) is 40.0 Å². The highest BCUT2D eigenvalue weighted by Crippen LogP contribution is 2.27. The monoisotopic (exact) mass is 253 g/mol. The first-order chi connectivity index (χ1) is 6.72. The van der Waals surface area contributed by atoms with Gasteiger partial charge >= 0.3 is 0 Å². The number of rotatable bonds is 2. The number of hydrogen-bond acceptors (Lipinski definition) is 1. The van der Waals surface area contributed by atoms with Crippen molar-refractivity contribution in [2.75, 3.05) is 7.11 Å². The summed E-state index contributed by atoms with van der Waals surface area (Å²) in [5.74, 6) is 0. The van der Waals surface area contributed by atoms with Gasteiger partial charge in [0.05, 0.1) is 12.1 Å². The minimum atomic E-state index is 0.654. The molecule has 0 atom stereocenters. The standard InChI is InChI=1S/C11H12BrNO/c1-7-5-9-8(6-14-2)3-4-10(12)11(9)13-7/h3-5,13H,6H2,1-2H3. The van der Waals surface area contributed by atoms with Crippen LogP contribution in [0.25, 0.3) is 10.9 Å². The van der Waals surface area contributed by atoms with Crippen LogP contribution in [-0.4, -0.2) is 12.1 Å². The summed E-state index contributed by atoms with van der Waals surface area (Å²) in [6.07, 6.45) is 0. The van der Waals surface area contributed by atoms with Crippen LogP contribution in [0.4, 0.5) is 0 Å². The molecule has 0 saturated carbocycles. The van der Waals surface area contributed by atoms with Gasteiger partial charge in [-0.3, -0.25) is 0 Å². The van der Waals surface area contributed by atoms with Crippen molar-refractivity contribution in [3.05, 3.63) is 33.9 Å². The lowest BCUT2D eigenvalue weighted by Gasteiger charge is -2.02. The summed E-state index contributed by atoms with van der Waals surface area (Å²) in [7, 11) is 1.72. The molecule has 2 nitrogen and oxygen atoms in total. The number of benzene rings is 1. The average molecular weight is 254 g/mol. The van der Waals surface area contributed by atoms with E-state index in [-0.39, 0.29) is 0 Å². The molecule has 3 heteroatoms. The van der Waals surface area contributed by atoms with Gasteiger partial charge < -0.3 is 9.72 Å². The molecule has 0 spiro atoms. The molecule has 0 aliphatic carbocycles. The molecular weight excluding hydrogens is 242 g/mol. The van der Waals surface area contributed by atoms with Crippen molar-refractivity contribution in [3.63, 3.8) is 0 Å². The van der Waals surface area contributed by atoms with E-state index < -0.39 is 0 Å². The average Bonchev–Trinajstić information content (AvgIpc) is 2.53. The maximum atomic E-state index is 5.16. The molecule has 0 bridgehead atoms. The lowest BCUT2D eigenvalue weighted by atomic mass is 10.1. The predicted octanol–water partition coefficient (Wildman–Crippen LogP) is 3.39. The van der Waals surface area contributed by atoms with E-state index in [1.807, 2.05) is 6.07 Å². The van der Waals surface area contributed by atoms with Crippen molar-refractivity contribution in [1.82, 2.24) is 4.98 Å². The molecule has 14 heavy (non-hydrogen) atoms. The van der Waals surface area contributed by atoms with Gasteiger partial charge in [0.15, 0.2) is 0 Å². The van der Waals surface area contributed by atoms with Crippen LogP contribution >= 0.6 is 15.9 Å². The zero-order chi connectivity index (χ0) is 10.1. The molecule has 0 saturated heterocycles. The quantitative estimate of drug-likeness (QED) is 0.873. The fourth-order valence-electron chi connectivity index (χ4n) is 1.66. The Morgan fingerprint density at radius 2 is 2.21 bits per heavy atom. The Balaban J connectivity index is 2.68. The van der Waals surface area contributed by atoms with Crippen LogP contribution in [0.1, 0.15) is 11.3 Å². The number of hydrogen-bond donors (Lipinski definition) is 1.